The van der Waals surface area contributed by atoms with Crippen molar-refractivity contribution in [2.24, 2.45) is 4.99 Å². The van der Waals surface area contributed by atoms with Crippen LogP contribution in [0.1, 0.15) is 36.2 Å². The van der Waals surface area contributed by atoms with E-state index in [1.54, 1.807) is 7.05 Å². The topological polar surface area (TPSA) is 69.8 Å². The van der Waals surface area contributed by atoms with E-state index >= 15 is 0 Å². The number of hydrogen-bond acceptors (Lipinski definition) is 4. The fourth-order valence-corrected chi connectivity index (χ4v) is 3.72. The first-order valence-electron chi connectivity index (χ1n) is 10.3. The highest BCUT2D eigenvalue weighted by Crippen LogP contribution is 2.13. The van der Waals surface area contributed by atoms with E-state index in [2.05, 4.69) is 55.0 Å². The van der Waals surface area contributed by atoms with Crippen molar-refractivity contribution in [1.29, 1.82) is 0 Å². The van der Waals surface area contributed by atoms with E-state index in [4.69, 9.17) is 0 Å². The molecule has 0 bridgehead atoms. The molecule has 160 valence electrons. The number of aromatic nitrogens is 3. The first-order valence-corrected chi connectivity index (χ1v) is 10.3. The molecule has 8 heteroatoms. The highest BCUT2D eigenvalue weighted by molar-refractivity contribution is 14.0. The zero-order valence-electron chi connectivity index (χ0n) is 17.4. The Morgan fingerprint density at radius 2 is 1.67 bits per heavy atom. The number of benzene rings is 1. The summed E-state index contributed by atoms with van der Waals surface area (Å²) in [6, 6.07) is 14.8. The smallest absolute Gasteiger partial charge is 0.191 e. The molecule has 0 amide bonds. The molecular formula is C22H30IN7. The van der Waals surface area contributed by atoms with Gasteiger partial charge in [-0.2, -0.15) is 0 Å². The first-order chi connectivity index (χ1) is 14.3. The maximum Gasteiger partial charge on any atom is 0.191 e. The van der Waals surface area contributed by atoms with Crippen LogP contribution in [-0.2, 0) is 19.6 Å². The molecule has 1 saturated heterocycles. The quantitative estimate of drug-likeness (QED) is 0.298. The minimum atomic E-state index is 0. The van der Waals surface area contributed by atoms with Gasteiger partial charge in [0.05, 0.1) is 6.54 Å². The van der Waals surface area contributed by atoms with Crippen LogP contribution in [0.5, 0.6) is 0 Å². The molecule has 0 aliphatic carbocycles. The fraction of sp³-hybridized carbons (Fsp3) is 0.409. The van der Waals surface area contributed by atoms with E-state index in [9.17, 15) is 0 Å². The Morgan fingerprint density at radius 3 is 2.43 bits per heavy atom. The second kappa shape index (κ2) is 11.3. The number of fused-ring (bicyclic) bond motifs is 1. The van der Waals surface area contributed by atoms with Crippen molar-refractivity contribution in [3.8, 4) is 0 Å². The van der Waals surface area contributed by atoms with Gasteiger partial charge in [0.15, 0.2) is 17.4 Å². The molecule has 1 fully saturated rings. The molecule has 30 heavy (non-hydrogen) atoms. The van der Waals surface area contributed by atoms with Crippen LogP contribution in [0.15, 0.2) is 53.7 Å². The van der Waals surface area contributed by atoms with Crippen molar-refractivity contribution in [2.75, 3.05) is 20.1 Å². The van der Waals surface area contributed by atoms with Crippen LogP contribution >= 0.6 is 24.0 Å². The third kappa shape index (κ3) is 5.91. The van der Waals surface area contributed by atoms with Crippen molar-refractivity contribution in [3.05, 3.63) is 65.6 Å². The van der Waals surface area contributed by atoms with Crippen molar-refractivity contribution >= 4 is 35.6 Å². The Kier molecular flexibility index (Phi) is 8.44. The summed E-state index contributed by atoms with van der Waals surface area (Å²) in [5.74, 6) is 1.60. The van der Waals surface area contributed by atoms with Gasteiger partial charge in [-0.25, -0.2) is 0 Å². The number of aliphatic imine (C=N–C) groups is 1. The van der Waals surface area contributed by atoms with E-state index in [0.717, 1.165) is 30.5 Å². The molecule has 2 N–H and O–H groups in total. The number of likely N-dealkylation sites (tertiary alicyclic amines) is 1. The molecule has 1 aromatic carbocycles. The second-order valence-electron chi connectivity index (χ2n) is 7.48. The maximum atomic E-state index is 4.31. The van der Waals surface area contributed by atoms with Crippen molar-refractivity contribution in [2.45, 2.75) is 38.9 Å². The minimum absolute atomic E-state index is 0. The van der Waals surface area contributed by atoms with E-state index in [1.165, 1.54) is 43.5 Å². The normalized spacial score (nSPS) is 15.0. The lowest BCUT2D eigenvalue weighted by Crippen LogP contribution is -2.36. The summed E-state index contributed by atoms with van der Waals surface area (Å²) in [5.41, 5.74) is 3.47. The molecule has 0 saturated carbocycles. The van der Waals surface area contributed by atoms with Crippen LogP contribution in [0.25, 0.3) is 5.65 Å². The third-order valence-electron chi connectivity index (χ3n) is 5.36. The number of halogens is 1. The predicted octanol–water partition coefficient (Wildman–Crippen LogP) is 3.20. The van der Waals surface area contributed by atoms with Gasteiger partial charge < -0.3 is 10.6 Å². The molecule has 3 aromatic rings. The number of guanidine groups is 1. The van der Waals surface area contributed by atoms with Gasteiger partial charge in [0.1, 0.15) is 0 Å². The second-order valence-corrected chi connectivity index (χ2v) is 7.48. The number of rotatable bonds is 6. The van der Waals surface area contributed by atoms with Gasteiger partial charge in [-0.1, -0.05) is 36.8 Å². The van der Waals surface area contributed by atoms with Gasteiger partial charge in [-0.3, -0.25) is 14.3 Å². The van der Waals surface area contributed by atoms with E-state index < -0.39 is 0 Å². The fourth-order valence-electron chi connectivity index (χ4n) is 3.72. The molecule has 0 unspecified atom stereocenters. The van der Waals surface area contributed by atoms with Gasteiger partial charge in [0.2, 0.25) is 0 Å². The molecule has 3 heterocycles. The Hall–Kier alpha value is -2.20. The summed E-state index contributed by atoms with van der Waals surface area (Å²) < 4.78 is 1.97. The zero-order valence-corrected chi connectivity index (χ0v) is 19.8. The molecule has 0 spiro atoms. The molecule has 1 aliphatic rings. The largest absolute Gasteiger partial charge is 0.352 e. The Bertz CT molecular complexity index is 946. The third-order valence-corrected chi connectivity index (χ3v) is 5.36. The lowest BCUT2D eigenvalue weighted by molar-refractivity contribution is 0.221. The minimum Gasteiger partial charge on any atom is -0.352 e. The molecular weight excluding hydrogens is 489 g/mol. The van der Waals surface area contributed by atoms with E-state index in [-0.39, 0.29) is 24.0 Å². The Morgan fingerprint density at radius 1 is 0.933 bits per heavy atom. The van der Waals surface area contributed by atoms with Gasteiger partial charge >= 0.3 is 0 Å². The number of nitrogens with zero attached hydrogens (tertiary/aromatic N) is 5. The number of nitrogens with one attached hydrogen (secondary N) is 2. The average molecular weight is 519 g/mol. The molecule has 4 rings (SSSR count). The summed E-state index contributed by atoms with van der Waals surface area (Å²) in [6.45, 7) is 4.80. The Balaban J connectivity index is 0.00000256. The molecule has 0 atom stereocenters. The van der Waals surface area contributed by atoms with E-state index in [1.807, 2.05) is 28.8 Å². The van der Waals surface area contributed by atoms with Crippen LogP contribution in [-0.4, -0.2) is 45.6 Å². The summed E-state index contributed by atoms with van der Waals surface area (Å²) >= 11 is 0. The molecule has 0 radical (unpaired) electrons. The lowest BCUT2D eigenvalue weighted by Gasteiger charge is -2.26. The van der Waals surface area contributed by atoms with Gasteiger partial charge in [0, 0.05) is 26.3 Å². The zero-order chi connectivity index (χ0) is 19.9. The lowest BCUT2D eigenvalue weighted by atomic mass is 10.1. The summed E-state index contributed by atoms with van der Waals surface area (Å²) in [5, 5.41) is 15.1. The van der Waals surface area contributed by atoms with E-state index in [0.29, 0.717) is 6.54 Å². The number of piperidine rings is 1. The monoisotopic (exact) mass is 519 g/mol. The van der Waals surface area contributed by atoms with Gasteiger partial charge in [-0.05, 0) is 49.2 Å². The van der Waals surface area contributed by atoms with Crippen molar-refractivity contribution in [3.63, 3.8) is 0 Å². The van der Waals surface area contributed by atoms with Crippen LogP contribution in [0.3, 0.4) is 0 Å². The van der Waals surface area contributed by atoms with Gasteiger partial charge in [-0.15, -0.1) is 34.2 Å². The standard InChI is InChI=1S/C22H29N7.HI/c1-23-22(25-16-21-27-26-20-7-3-6-14-29(20)21)24-15-18-8-10-19(11-9-18)17-28-12-4-2-5-13-28;/h3,6-11,14H,2,4-5,12-13,15-17H2,1H3,(H2,23,24,25);1H. The SMILES string of the molecule is CN=C(NCc1ccc(CN2CCCCC2)cc1)NCc1nnc2ccccn12.I. The highest BCUT2D eigenvalue weighted by Gasteiger charge is 2.10. The summed E-state index contributed by atoms with van der Waals surface area (Å²) in [4.78, 5) is 6.86. The average Bonchev–Trinajstić information content (AvgIpc) is 3.19. The molecule has 1 aliphatic heterocycles. The molecule has 2 aromatic heterocycles. The summed E-state index contributed by atoms with van der Waals surface area (Å²) in [6.07, 6.45) is 6.01. The predicted molar refractivity (Wildman–Crippen MR) is 131 cm³/mol. The maximum absolute atomic E-state index is 4.31. The van der Waals surface area contributed by atoms with Crippen LogP contribution in [0.2, 0.25) is 0 Å². The van der Waals surface area contributed by atoms with Crippen LogP contribution in [0.4, 0.5) is 0 Å². The Labute approximate surface area is 195 Å². The summed E-state index contributed by atoms with van der Waals surface area (Å²) in [7, 11) is 1.78. The molecule has 7 nitrogen and oxygen atoms in total. The van der Waals surface area contributed by atoms with Crippen molar-refractivity contribution in [1.82, 2.24) is 30.1 Å². The van der Waals surface area contributed by atoms with Gasteiger partial charge in [0.25, 0.3) is 0 Å². The first kappa shape index (κ1) is 22.5. The van der Waals surface area contributed by atoms with Crippen molar-refractivity contribution < 1.29 is 0 Å². The number of pyridine rings is 1. The van der Waals surface area contributed by atoms with Crippen LogP contribution in [0, 0.1) is 0 Å². The number of hydrogen-bond donors (Lipinski definition) is 2. The van der Waals surface area contributed by atoms with Crippen LogP contribution < -0.4 is 10.6 Å². The highest BCUT2D eigenvalue weighted by atomic mass is 127.